The first kappa shape index (κ1) is 9.54. The van der Waals surface area contributed by atoms with Crippen LogP contribution < -0.4 is 0 Å². The molecule has 15 heavy (non-hydrogen) atoms. The maximum absolute atomic E-state index is 14.0. The molecule has 4 rings (SSSR count). The third-order valence-electron chi connectivity index (χ3n) is 4.08. The van der Waals surface area contributed by atoms with Gasteiger partial charge in [-0.2, -0.15) is 4.39 Å². The molecule has 0 amide bonds. The summed E-state index contributed by atoms with van der Waals surface area (Å²) in [5, 5.41) is 0. The van der Waals surface area contributed by atoms with Gasteiger partial charge in [0, 0.05) is 6.42 Å². The van der Waals surface area contributed by atoms with Crippen LogP contribution in [0.15, 0.2) is 4.99 Å². The second kappa shape index (κ2) is 2.06. The lowest BCUT2D eigenvalue weighted by atomic mass is 9.50. The number of halogens is 5. The Balaban J connectivity index is 2.27. The normalized spacial score (nSPS) is 62.1. The Morgan fingerprint density at radius 2 is 1.47 bits per heavy atom. The van der Waals surface area contributed by atoms with Crippen molar-refractivity contribution >= 4 is 5.97 Å². The Hall–Kier alpha value is -0.680. The van der Waals surface area contributed by atoms with Crippen molar-refractivity contribution in [1.29, 1.82) is 0 Å². The molecule has 0 saturated heterocycles. The van der Waals surface area contributed by atoms with E-state index in [9.17, 15) is 22.0 Å². The summed E-state index contributed by atoms with van der Waals surface area (Å²) in [6, 6.07) is 0. The monoisotopic (exact) mass is 225 g/mol. The maximum Gasteiger partial charge on any atom is 0.239 e. The van der Waals surface area contributed by atoms with E-state index in [0.29, 0.717) is 0 Å². The number of rotatable bonds is 0. The van der Waals surface area contributed by atoms with Crippen molar-refractivity contribution < 1.29 is 22.0 Å². The van der Waals surface area contributed by atoms with Gasteiger partial charge in [0.05, 0.1) is 0 Å². The maximum atomic E-state index is 14.0. The van der Waals surface area contributed by atoms with Crippen molar-refractivity contribution in [3.8, 4) is 0 Å². The Bertz CT molecular complexity index is 385. The number of aliphatic imine (C=N–C) groups is 1. The van der Waals surface area contributed by atoms with Gasteiger partial charge in [-0.05, 0) is 19.3 Å². The molecule has 0 aromatic rings. The van der Waals surface area contributed by atoms with E-state index in [1.54, 1.807) is 0 Å². The standard InChI is InChI=1S/C9H8F5N/c10-5-6(11)1-4-9(14,15-5)8(13)3-2-7(6,8)12/h1-4H2. The van der Waals surface area contributed by atoms with Crippen LogP contribution in [0.4, 0.5) is 22.0 Å². The minimum absolute atomic E-state index is 0.442. The summed E-state index contributed by atoms with van der Waals surface area (Å²) >= 11 is 0. The zero-order chi connectivity index (χ0) is 11.1. The molecule has 2 fully saturated rings. The van der Waals surface area contributed by atoms with Crippen LogP contribution in [0.5, 0.6) is 0 Å². The molecule has 84 valence electrons. The van der Waals surface area contributed by atoms with E-state index in [-0.39, 0.29) is 0 Å². The molecule has 0 aromatic carbocycles. The van der Waals surface area contributed by atoms with E-state index in [4.69, 9.17) is 0 Å². The van der Waals surface area contributed by atoms with E-state index in [2.05, 4.69) is 4.99 Å². The van der Waals surface area contributed by atoms with Crippen molar-refractivity contribution in [2.24, 2.45) is 4.99 Å². The highest BCUT2D eigenvalue weighted by Crippen LogP contribution is 2.70. The van der Waals surface area contributed by atoms with Gasteiger partial charge in [0.25, 0.3) is 0 Å². The fraction of sp³-hybridized carbons (Fsp3) is 0.889. The zero-order valence-corrected chi connectivity index (χ0v) is 7.67. The lowest BCUT2D eigenvalue weighted by Gasteiger charge is -2.63. The molecule has 2 bridgehead atoms. The largest absolute Gasteiger partial charge is 0.239 e. The van der Waals surface area contributed by atoms with Crippen LogP contribution in [0.25, 0.3) is 0 Å². The topological polar surface area (TPSA) is 12.4 Å². The van der Waals surface area contributed by atoms with Crippen LogP contribution in [0.3, 0.4) is 0 Å². The predicted octanol–water partition coefficient (Wildman–Crippen LogP) is 2.75. The fourth-order valence-corrected chi connectivity index (χ4v) is 2.96. The molecule has 1 nitrogen and oxygen atoms in total. The number of hydrogen-bond acceptors (Lipinski definition) is 1. The van der Waals surface area contributed by atoms with Crippen LogP contribution in [-0.2, 0) is 0 Å². The van der Waals surface area contributed by atoms with Gasteiger partial charge < -0.3 is 0 Å². The van der Waals surface area contributed by atoms with Crippen LogP contribution in [0, 0.1) is 0 Å². The van der Waals surface area contributed by atoms with Crippen LogP contribution in [0.1, 0.15) is 25.7 Å². The molecule has 2 saturated carbocycles. The molecule has 4 atom stereocenters. The third kappa shape index (κ3) is 0.648. The molecule has 2 heterocycles. The Morgan fingerprint density at radius 3 is 1.93 bits per heavy atom. The first-order valence-corrected chi connectivity index (χ1v) is 4.81. The van der Waals surface area contributed by atoms with Gasteiger partial charge in [-0.1, -0.05) is 0 Å². The summed E-state index contributed by atoms with van der Waals surface area (Å²) < 4.78 is 68.9. The SMILES string of the molecule is FC1=NC2(F)CCC1(F)C1(F)CCC21F. The summed E-state index contributed by atoms with van der Waals surface area (Å²) in [4.78, 5) is 2.75. The van der Waals surface area contributed by atoms with Gasteiger partial charge in [0.1, 0.15) is 0 Å². The molecular weight excluding hydrogens is 217 g/mol. The van der Waals surface area contributed by atoms with Crippen LogP contribution in [0.2, 0.25) is 0 Å². The summed E-state index contributed by atoms with van der Waals surface area (Å²) in [6.07, 6.45) is -2.21. The van der Waals surface area contributed by atoms with Gasteiger partial charge >= 0.3 is 0 Å². The second-order valence-electron chi connectivity index (χ2n) is 4.57. The molecule has 0 radical (unpaired) electrons. The Morgan fingerprint density at radius 1 is 0.867 bits per heavy atom. The number of alkyl halides is 4. The van der Waals surface area contributed by atoms with Crippen molar-refractivity contribution in [3.05, 3.63) is 0 Å². The Labute approximate surface area is 82.4 Å². The minimum Gasteiger partial charge on any atom is -0.236 e. The highest BCUT2D eigenvalue weighted by Gasteiger charge is 2.87. The van der Waals surface area contributed by atoms with Gasteiger partial charge in [-0.3, -0.25) is 0 Å². The average molecular weight is 225 g/mol. The number of fused-ring (bicyclic) bond motifs is 1. The fourth-order valence-electron chi connectivity index (χ4n) is 2.96. The molecule has 4 unspecified atom stereocenters. The lowest BCUT2D eigenvalue weighted by Crippen LogP contribution is -2.82. The van der Waals surface area contributed by atoms with E-state index in [1.165, 1.54) is 0 Å². The molecule has 0 N–H and O–H groups in total. The molecule has 0 spiro atoms. The predicted molar refractivity (Wildman–Crippen MR) is 42.4 cm³/mol. The number of hydrogen-bond donors (Lipinski definition) is 0. The highest BCUT2D eigenvalue weighted by molar-refractivity contribution is 5.89. The summed E-state index contributed by atoms with van der Waals surface area (Å²) in [5.41, 5.74) is -9.12. The van der Waals surface area contributed by atoms with Gasteiger partial charge in [0.2, 0.25) is 23.1 Å². The van der Waals surface area contributed by atoms with Gasteiger partial charge in [0.15, 0.2) is 5.67 Å². The Kier molecular flexibility index (Phi) is 1.31. The second-order valence-corrected chi connectivity index (χ2v) is 4.57. The first-order chi connectivity index (χ1) is 6.79. The smallest absolute Gasteiger partial charge is 0.236 e. The van der Waals surface area contributed by atoms with Crippen molar-refractivity contribution in [3.63, 3.8) is 0 Å². The summed E-state index contributed by atoms with van der Waals surface area (Å²) in [7, 11) is 0. The van der Waals surface area contributed by atoms with Gasteiger partial charge in [-0.15, -0.1) is 0 Å². The minimum atomic E-state index is -3.07. The van der Waals surface area contributed by atoms with E-state index in [0.717, 1.165) is 0 Å². The quantitative estimate of drug-likeness (QED) is 0.444. The molecule has 0 aromatic heterocycles. The average Bonchev–Trinajstić information content (AvgIpc) is 2.18. The van der Waals surface area contributed by atoms with Crippen LogP contribution in [-0.4, -0.2) is 28.8 Å². The van der Waals surface area contributed by atoms with Crippen molar-refractivity contribution in [2.45, 2.75) is 48.5 Å². The first-order valence-electron chi connectivity index (χ1n) is 4.81. The van der Waals surface area contributed by atoms with Crippen molar-refractivity contribution in [1.82, 2.24) is 0 Å². The summed E-state index contributed by atoms with van der Waals surface area (Å²) in [5.74, 6) is -4.65. The molecule has 2 aliphatic heterocycles. The molecule has 2 aliphatic carbocycles. The van der Waals surface area contributed by atoms with E-state index in [1.807, 2.05) is 0 Å². The van der Waals surface area contributed by atoms with Gasteiger partial charge in [-0.25, -0.2) is 22.6 Å². The van der Waals surface area contributed by atoms with Crippen molar-refractivity contribution in [2.75, 3.05) is 0 Å². The molecular formula is C9H8F5N. The highest BCUT2D eigenvalue weighted by atomic mass is 19.2. The molecule has 6 heteroatoms. The summed E-state index contributed by atoms with van der Waals surface area (Å²) in [6.45, 7) is 0. The lowest BCUT2D eigenvalue weighted by molar-refractivity contribution is -0.280. The third-order valence-corrected chi connectivity index (χ3v) is 4.08. The van der Waals surface area contributed by atoms with E-state index < -0.39 is 54.4 Å². The zero-order valence-electron chi connectivity index (χ0n) is 7.67. The van der Waals surface area contributed by atoms with E-state index >= 15 is 0 Å². The van der Waals surface area contributed by atoms with Crippen LogP contribution >= 0.6 is 0 Å². The molecule has 4 aliphatic rings. The number of nitrogens with zero attached hydrogens (tertiary/aromatic N) is 1.